The fourth-order valence-corrected chi connectivity index (χ4v) is 4.18. The van der Waals surface area contributed by atoms with Crippen molar-refractivity contribution in [2.45, 2.75) is 20.4 Å². The van der Waals surface area contributed by atoms with Crippen LogP contribution < -0.4 is 9.47 Å². The molecule has 0 bridgehead atoms. The molecule has 1 aromatic carbocycles. The number of nitrogens with zero attached hydrogens (tertiary/aromatic N) is 2. The SMILES string of the molecule is CC1(C)[C@H](C(=O)N2CCN(Cc3ccc4c(c3)OCO4)CC2)[C@@H]1C(=O)O. The maximum absolute atomic E-state index is 12.7. The van der Waals surface area contributed by atoms with E-state index in [1.54, 1.807) is 0 Å². The van der Waals surface area contributed by atoms with E-state index < -0.39 is 17.3 Å². The minimum absolute atomic E-state index is 0.00914. The number of benzene rings is 1. The molecule has 0 radical (unpaired) electrons. The van der Waals surface area contributed by atoms with Gasteiger partial charge in [0, 0.05) is 32.7 Å². The van der Waals surface area contributed by atoms with Gasteiger partial charge in [-0.3, -0.25) is 14.5 Å². The van der Waals surface area contributed by atoms with Crippen LogP contribution in [0.1, 0.15) is 19.4 Å². The molecule has 2 atom stereocenters. The first-order chi connectivity index (χ1) is 12.4. The summed E-state index contributed by atoms with van der Waals surface area (Å²) in [7, 11) is 0. The lowest BCUT2D eigenvalue weighted by Gasteiger charge is -2.35. The molecule has 1 aliphatic carbocycles. The maximum Gasteiger partial charge on any atom is 0.307 e. The molecule has 140 valence electrons. The van der Waals surface area contributed by atoms with Crippen molar-refractivity contribution in [2.75, 3.05) is 33.0 Å². The zero-order valence-corrected chi connectivity index (χ0v) is 15.1. The van der Waals surface area contributed by atoms with Crippen molar-refractivity contribution in [3.8, 4) is 11.5 Å². The molecule has 7 nitrogen and oxygen atoms in total. The molecule has 1 amide bonds. The highest BCUT2D eigenvalue weighted by atomic mass is 16.7. The third kappa shape index (κ3) is 2.90. The highest BCUT2D eigenvalue weighted by Crippen LogP contribution is 2.59. The van der Waals surface area contributed by atoms with E-state index in [9.17, 15) is 14.7 Å². The molecule has 4 rings (SSSR count). The number of amides is 1. The Morgan fingerprint density at radius 3 is 2.46 bits per heavy atom. The van der Waals surface area contributed by atoms with E-state index in [4.69, 9.17) is 9.47 Å². The molecule has 0 aromatic heterocycles. The Labute approximate surface area is 152 Å². The van der Waals surface area contributed by atoms with Crippen LogP contribution in [-0.2, 0) is 16.1 Å². The molecule has 0 unspecified atom stereocenters. The van der Waals surface area contributed by atoms with Gasteiger partial charge in [-0.2, -0.15) is 0 Å². The Balaban J connectivity index is 1.32. The van der Waals surface area contributed by atoms with Crippen LogP contribution in [0.15, 0.2) is 18.2 Å². The predicted molar refractivity (Wildman–Crippen MR) is 92.8 cm³/mol. The summed E-state index contributed by atoms with van der Waals surface area (Å²) in [5.41, 5.74) is 0.718. The van der Waals surface area contributed by atoms with Gasteiger partial charge in [-0.15, -0.1) is 0 Å². The smallest absolute Gasteiger partial charge is 0.307 e. The highest BCUT2D eigenvalue weighted by Gasteiger charge is 2.66. The Kier molecular flexibility index (Phi) is 4.06. The summed E-state index contributed by atoms with van der Waals surface area (Å²) in [5, 5.41) is 9.28. The molecular formula is C19H24N2O5. The van der Waals surface area contributed by atoms with Gasteiger partial charge in [0.05, 0.1) is 11.8 Å². The van der Waals surface area contributed by atoms with Gasteiger partial charge < -0.3 is 19.5 Å². The monoisotopic (exact) mass is 360 g/mol. The Morgan fingerprint density at radius 1 is 1.12 bits per heavy atom. The third-order valence-corrected chi connectivity index (χ3v) is 5.89. The lowest BCUT2D eigenvalue weighted by molar-refractivity contribution is -0.142. The Bertz CT molecular complexity index is 739. The maximum atomic E-state index is 12.7. The van der Waals surface area contributed by atoms with E-state index in [0.29, 0.717) is 13.1 Å². The van der Waals surface area contributed by atoms with Gasteiger partial charge in [-0.05, 0) is 23.1 Å². The number of hydrogen-bond donors (Lipinski definition) is 1. The minimum Gasteiger partial charge on any atom is -0.481 e. The van der Waals surface area contributed by atoms with Crippen molar-refractivity contribution in [3.05, 3.63) is 23.8 Å². The molecule has 7 heteroatoms. The lowest BCUT2D eigenvalue weighted by atomic mass is 10.1. The van der Waals surface area contributed by atoms with Gasteiger partial charge in [0.1, 0.15) is 0 Å². The molecule has 3 aliphatic rings. The van der Waals surface area contributed by atoms with Crippen LogP contribution in [0.5, 0.6) is 11.5 Å². The van der Waals surface area contributed by atoms with Crippen LogP contribution >= 0.6 is 0 Å². The first kappa shape index (κ1) is 17.1. The predicted octanol–water partition coefficient (Wildman–Crippen LogP) is 1.42. The molecule has 26 heavy (non-hydrogen) atoms. The number of hydrogen-bond acceptors (Lipinski definition) is 5. The van der Waals surface area contributed by atoms with Gasteiger partial charge in [0.15, 0.2) is 11.5 Å². The number of fused-ring (bicyclic) bond motifs is 1. The van der Waals surface area contributed by atoms with Gasteiger partial charge in [0.25, 0.3) is 0 Å². The van der Waals surface area contributed by atoms with E-state index in [2.05, 4.69) is 4.90 Å². The van der Waals surface area contributed by atoms with Gasteiger partial charge in [-0.1, -0.05) is 19.9 Å². The number of carboxylic acids is 1. The van der Waals surface area contributed by atoms with Crippen LogP contribution in [0, 0.1) is 17.3 Å². The fourth-order valence-electron chi connectivity index (χ4n) is 4.18. The normalized spacial score (nSPS) is 26.6. The Hall–Kier alpha value is -2.28. The van der Waals surface area contributed by atoms with E-state index >= 15 is 0 Å². The molecule has 2 aliphatic heterocycles. The second-order valence-corrected chi connectivity index (χ2v) is 7.90. The summed E-state index contributed by atoms with van der Waals surface area (Å²) in [4.78, 5) is 28.1. The van der Waals surface area contributed by atoms with Crippen molar-refractivity contribution in [2.24, 2.45) is 17.3 Å². The van der Waals surface area contributed by atoms with Gasteiger partial charge in [-0.25, -0.2) is 0 Å². The Morgan fingerprint density at radius 2 is 1.81 bits per heavy atom. The third-order valence-electron chi connectivity index (χ3n) is 5.89. The van der Waals surface area contributed by atoms with E-state index in [1.165, 1.54) is 0 Å². The molecule has 2 heterocycles. The number of piperazine rings is 1. The second-order valence-electron chi connectivity index (χ2n) is 7.90. The van der Waals surface area contributed by atoms with Crippen LogP contribution in [-0.4, -0.2) is 59.8 Å². The first-order valence-corrected chi connectivity index (χ1v) is 9.00. The van der Waals surface area contributed by atoms with Crippen LogP contribution in [0.25, 0.3) is 0 Å². The molecular weight excluding hydrogens is 336 g/mol. The summed E-state index contributed by atoms with van der Waals surface area (Å²) in [6.45, 7) is 7.65. The number of carbonyl (C=O) groups is 2. The van der Waals surface area contributed by atoms with Gasteiger partial charge in [0.2, 0.25) is 12.7 Å². The number of ether oxygens (including phenoxy) is 2. The van der Waals surface area contributed by atoms with Crippen LogP contribution in [0.2, 0.25) is 0 Å². The van der Waals surface area contributed by atoms with Crippen LogP contribution in [0.4, 0.5) is 0 Å². The molecule has 2 fully saturated rings. The van der Waals surface area contributed by atoms with E-state index in [0.717, 1.165) is 36.7 Å². The average Bonchev–Trinajstić information content (AvgIpc) is 2.95. The van der Waals surface area contributed by atoms with Crippen molar-refractivity contribution in [1.29, 1.82) is 0 Å². The average molecular weight is 360 g/mol. The molecule has 0 spiro atoms. The standard InChI is InChI=1S/C19H24N2O5/c1-19(2)15(16(19)18(23)24)17(22)21-7-5-20(6-8-21)10-12-3-4-13-14(9-12)26-11-25-13/h3-4,9,15-16H,5-8,10-11H2,1-2H3,(H,23,24)/t15-,16+/m0/s1. The zero-order valence-electron chi connectivity index (χ0n) is 15.1. The number of aliphatic carboxylic acids is 1. The summed E-state index contributed by atoms with van der Waals surface area (Å²) in [5.74, 6) is -0.252. The number of carboxylic acid groups (broad SMARTS) is 1. The van der Waals surface area contributed by atoms with Crippen molar-refractivity contribution in [3.63, 3.8) is 0 Å². The summed E-state index contributed by atoms with van der Waals surface area (Å²) >= 11 is 0. The minimum atomic E-state index is -0.866. The number of carbonyl (C=O) groups excluding carboxylic acids is 1. The second kappa shape index (κ2) is 6.16. The van der Waals surface area contributed by atoms with Gasteiger partial charge >= 0.3 is 5.97 Å². The van der Waals surface area contributed by atoms with E-state index in [-0.39, 0.29) is 18.6 Å². The quantitative estimate of drug-likeness (QED) is 0.875. The highest BCUT2D eigenvalue weighted by molar-refractivity contribution is 5.91. The van der Waals surface area contributed by atoms with E-state index in [1.807, 2.05) is 36.9 Å². The lowest BCUT2D eigenvalue weighted by Crippen LogP contribution is -2.49. The van der Waals surface area contributed by atoms with Crippen molar-refractivity contribution < 1.29 is 24.2 Å². The van der Waals surface area contributed by atoms with Crippen molar-refractivity contribution in [1.82, 2.24) is 9.80 Å². The molecule has 1 aromatic rings. The topological polar surface area (TPSA) is 79.3 Å². The molecule has 1 saturated heterocycles. The summed E-state index contributed by atoms with van der Waals surface area (Å²) in [6.07, 6.45) is 0. The summed E-state index contributed by atoms with van der Waals surface area (Å²) in [6, 6.07) is 5.97. The van der Waals surface area contributed by atoms with Crippen LogP contribution in [0.3, 0.4) is 0 Å². The summed E-state index contributed by atoms with van der Waals surface area (Å²) < 4.78 is 10.7. The zero-order chi connectivity index (χ0) is 18.5. The number of rotatable bonds is 4. The molecule has 1 saturated carbocycles. The first-order valence-electron chi connectivity index (χ1n) is 9.00. The molecule has 1 N–H and O–H groups in total. The fraction of sp³-hybridized carbons (Fsp3) is 0.579. The largest absolute Gasteiger partial charge is 0.481 e. The van der Waals surface area contributed by atoms with Crippen molar-refractivity contribution >= 4 is 11.9 Å².